The second-order valence-electron chi connectivity index (χ2n) is 6.05. The molecule has 0 aliphatic carbocycles. The van der Waals surface area contributed by atoms with E-state index in [1.54, 1.807) is 12.2 Å². The van der Waals surface area contributed by atoms with Gasteiger partial charge in [0.25, 0.3) is 16.0 Å². The lowest BCUT2D eigenvalue weighted by molar-refractivity contribution is -0.140. The number of hydrogen-bond donors (Lipinski definition) is 2. The Hall–Kier alpha value is -1.86. The number of thiocarbonyl (C=S) groups is 1. The monoisotopic (exact) mass is 472 g/mol. The Kier molecular flexibility index (Phi) is 6.69. The standard InChI is InChI=1S/C17H16N2O6S4/c20-15(21)10-19-16(22)13(28-17(19)26)6-7-14-18(8-3-9-29(23,24)25)11-4-1-2-5-12(11)27-14/h1-2,4-7H,3,8-10H2,(H,20,21)(H,23,24,25)/b13-6-,14-7-. The minimum Gasteiger partial charge on any atom is -0.480 e. The van der Waals surface area contributed by atoms with Crippen molar-refractivity contribution in [3.63, 3.8) is 0 Å². The van der Waals surface area contributed by atoms with Crippen LogP contribution in [0.2, 0.25) is 0 Å². The highest BCUT2D eigenvalue weighted by atomic mass is 32.2. The number of carboxylic acid groups (broad SMARTS) is 1. The fourth-order valence-corrected chi connectivity index (χ4v) is 5.53. The van der Waals surface area contributed by atoms with E-state index in [0.717, 1.165) is 32.3 Å². The molecule has 0 radical (unpaired) electrons. The molecule has 0 aromatic heterocycles. The Morgan fingerprint density at radius 3 is 2.59 bits per heavy atom. The normalized spacial score (nSPS) is 19.5. The molecule has 1 saturated heterocycles. The highest BCUT2D eigenvalue weighted by Gasteiger charge is 2.33. The number of aliphatic carboxylic acids is 1. The number of carbonyl (C=O) groups is 2. The number of benzene rings is 1. The maximum atomic E-state index is 12.4. The van der Waals surface area contributed by atoms with E-state index < -0.39 is 28.5 Å². The summed E-state index contributed by atoms with van der Waals surface area (Å²) >= 11 is 7.58. The summed E-state index contributed by atoms with van der Waals surface area (Å²) in [5.74, 6) is -1.96. The molecule has 0 bridgehead atoms. The van der Waals surface area contributed by atoms with Crippen LogP contribution in [0.5, 0.6) is 0 Å². The van der Waals surface area contributed by atoms with Crippen molar-refractivity contribution in [3.8, 4) is 0 Å². The molecule has 8 nitrogen and oxygen atoms in total. The maximum Gasteiger partial charge on any atom is 0.323 e. The largest absolute Gasteiger partial charge is 0.480 e. The van der Waals surface area contributed by atoms with Crippen LogP contribution in [0.4, 0.5) is 5.69 Å². The van der Waals surface area contributed by atoms with Crippen molar-refractivity contribution in [3.05, 3.63) is 46.4 Å². The zero-order valence-electron chi connectivity index (χ0n) is 14.8. The Balaban J connectivity index is 1.81. The van der Waals surface area contributed by atoms with Crippen LogP contribution in [0.3, 0.4) is 0 Å². The average molecular weight is 473 g/mol. The lowest BCUT2D eigenvalue weighted by Gasteiger charge is -2.19. The Bertz CT molecular complexity index is 1030. The van der Waals surface area contributed by atoms with E-state index in [2.05, 4.69) is 0 Å². The summed E-state index contributed by atoms with van der Waals surface area (Å²) in [7, 11) is -4.05. The summed E-state index contributed by atoms with van der Waals surface area (Å²) in [5, 5.41) is 9.69. The number of para-hydroxylation sites is 1. The molecule has 1 aromatic rings. The molecule has 0 unspecified atom stereocenters. The smallest absolute Gasteiger partial charge is 0.323 e. The summed E-state index contributed by atoms with van der Waals surface area (Å²) in [4.78, 5) is 27.5. The lowest BCUT2D eigenvalue weighted by atomic mass is 10.3. The van der Waals surface area contributed by atoms with Crippen LogP contribution in [-0.2, 0) is 19.7 Å². The first-order valence-corrected chi connectivity index (χ1v) is 12.0. The maximum absolute atomic E-state index is 12.4. The van der Waals surface area contributed by atoms with Gasteiger partial charge >= 0.3 is 5.97 Å². The van der Waals surface area contributed by atoms with Crippen LogP contribution in [0.15, 0.2) is 51.2 Å². The molecule has 1 aromatic carbocycles. The summed E-state index contributed by atoms with van der Waals surface area (Å²) in [6, 6.07) is 7.60. The van der Waals surface area contributed by atoms with E-state index in [1.165, 1.54) is 11.8 Å². The highest BCUT2D eigenvalue weighted by molar-refractivity contribution is 8.26. The molecule has 1 fully saturated rings. The van der Waals surface area contributed by atoms with Gasteiger partial charge in [0, 0.05) is 11.4 Å². The number of hydrogen-bond acceptors (Lipinski definition) is 8. The van der Waals surface area contributed by atoms with Crippen LogP contribution in [-0.4, -0.2) is 58.0 Å². The van der Waals surface area contributed by atoms with Gasteiger partial charge in [0.05, 0.1) is 21.4 Å². The van der Waals surface area contributed by atoms with Gasteiger partial charge in [0.2, 0.25) is 0 Å². The van der Waals surface area contributed by atoms with Crippen LogP contribution >= 0.6 is 35.7 Å². The number of fused-ring (bicyclic) bond motifs is 1. The molecule has 1 amide bonds. The van der Waals surface area contributed by atoms with Crippen LogP contribution in [0.1, 0.15) is 6.42 Å². The third-order valence-corrected chi connectivity index (χ3v) is 7.30. The number of rotatable bonds is 7. The predicted molar refractivity (Wildman–Crippen MR) is 116 cm³/mol. The summed E-state index contributed by atoms with van der Waals surface area (Å²) in [5.41, 5.74) is 0.908. The van der Waals surface area contributed by atoms with Gasteiger partial charge in [-0.3, -0.25) is 19.0 Å². The second kappa shape index (κ2) is 8.88. The number of thioether (sulfide) groups is 2. The van der Waals surface area contributed by atoms with Crippen molar-refractivity contribution in [2.45, 2.75) is 11.3 Å². The van der Waals surface area contributed by atoms with Crippen molar-refractivity contribution >= 4 is 67.7 Å². The molecule has 154 valence electrons. The number of carboxylic acids is 1. The van der Waals surface area contributed by atoms with Crippen LogP contribution < -0.4 is 4.90 Å². The predicted octanol–water partition coefficient (Wildman–Crippen LogP) is 2.55. The SMILES string of the molecule is O=C(O)CN1C(=O)/C(=C/C=C2\Sc3ccccc3N2CCCS(=O)(=O)O)SC1=S. The molecule has 3 rings (SSSR count). The van der Waals surface area contributed by atoms with E-state index in [9.17, 15) is 18.0 Å². The molecule has 0 atom stereocenters. The lowest BCUT2D eigenvalue weighted by Crippen LogP contribution is -2.33. The molecule has 2 aliphatic heterocycles. The van der Waals surface area contributed by atoms with E-state index in [4.69, 9.17) is 21.9 Å². The number of nitrogens with zero attached hydrogens (tertiary/aromatic N) is 2. The number of allylic oxidation sites excluding steroid dienone is 2. The average Bonchev–Trinajstić information content (AvgIpc) is 3.11. The van der Waals surface area contributed by atoms with Crippen molar-refractivity contribution < 1.29 is 27.7 Å². The first kappa shape index (κ1) is 21.8. The summed E-state index contributed by atoms with van der Waals surface area (Å²) < 4.78 is 31.2. The Morgan fingerprint density at radius 1 is 1.17 bits per heavy atom. The van der Waals surface area contributed by atoms with E-state index >= 15 is 0 Å². The fourth-order valence-electron chi connectivity index (χ4n) is 2.75. The zero-order valence-corrected chi connectivity index (χ0v) is 18.1. The zero-order chi connectivity index (χ0) is 21.2. The molecule has 2 aliphatic rings. The molecule has 12 heteroatoms. The Morgan fingerprint density at radius 2 is 1.90 bits per heavy atom. The fraction of sp³-hybridized carbons (Fsp3) is 0.235. The van der Waals surface area contributed by atoms with Crippen molar-refractivity contribution in [2.24, 2.45) is 0 Å². The minimum absolute atomic E-state index is 0.189. The Labute approximate surface area is 181 Å². The molecule has 2 heterocycles. The third kappa shape index (κ3) is 5.39. The molecule has 2 N–H and O–H groups in total. The van der Waals surface area contributed by atoms with Gasteiger partial charge in [-0.2, -0.15) is 8.42 Å². The summed E-state index contributed by atoms with van der Waals surface area (Å²) in [6.45, 7) is -0.121. The van der Waals surface area contributed by atoms with Gasteiger partial charge in [-0.15, -0.1) is 0 Å². The first-order valence-electron chi connectivity index (χ1n) is 8.33. The molecule has 29 heavy (non-hydrogen) atoms. The molecule has 0 saturated carbocycles. The molecular weight excluding hydrogens is 456 g/mol. The van der Waals surface area contributed by atoms with Gasteiger partial charge < -0.3 is 10.0 Å². The second-order valence-corrected chi connectivity index (χ2v) is 10.4. The van der Waals surface area contributed by atoms with E-state index in [-0.39, 0.29) is 16.5 Å². The van der Waals surface area contributed by atoms with E-state index in [0.29, 0.717) is 11.4 Å². The molecule has 0 spiro atoms. The van der Waals surface area contributed by atoms with E-state index in [1.807, 2.05) is 29.2 Å². The van der Waals surface area contributed by atoms with Crippen LogP contribution in [0.25, 0.3) is 0 Å². The number of amides is 1. The van der Waals surface area contributed by atoms with Gasteiger partial charge in [-0.25, -0.2) is 0 Å². The van der Waals surface area contributed by atoms with Gasteiger partial charge in [0.1, 0.15) is 10.9 Å². The van der Waals surface area contributed by atoms with Crippen molar-refractivity contribution in [2.75, 3.05) is 23.7 Å². The quantitative estimate of drug-likeness (QED) is 0.348. The van der Waals surface area contributed by atoms with Crippen molar-refractivity contribution in [1.29, 1.82) is 0 Å². The highest BCUT2D eigenvalue weighted by Crippen LogP contribution is 2.46. The first-order chi connectivity index (χ1) is 13.7. The van der Waals surface area contributed by atoms with Crippen molar-refractivity contribution in [1.82, 2.24) is 4.90 Å². The third-order valence-electron chi connectivity index (χ3n) is 3.96. The van der Waals surface area contributed by atoms with Gasteiger partial charge in [-0.05, 0) is 30.7 Å². The minimum atomic E-state index is -4.05. The number of anilines is 1. The summed E-state index contributed by atoms with van der Waals surface area (Å²) in [6.07, 6.45) is 3.54. The van der Waals surface area contributed by atoms with Gasteiger partial charge in [0.15, 0.2) is 0 Å². The molecular formula is C17H16N2O6S4. The van der Waals surface area contributed by atoms with Crippen LogP contribution in [0, 0.1) is 0 Å². The topological polar surface area (TPSA) is 115 Å². The van der Waals surface area contributed by atoms with Gasteiger partial charge in [-0.1, -0.05) is 47.9 Å². The number of carbonyl (C=O) groups excluding carboxylic acids is 1.